The molecule has 11 heavy (non-hydrogen) atoms. The molecular formula is C8H8NNaO. The molecule has 0 amide bonds. The van der Waals surface area contributed by atoms with Crippen LogP contribution in [0, 0.1) is 5.21 Å². The standard InChI is InChI=1S/C8H9NO.Na/c1-7(9-10)8-5-3-2-4-6-8;/h2-6,10H,1H3;/q;+1/p-1/b9-7+;. The van der Waals surface area contributed by atoms with Crippen LogP contribution in [0.15, 0.2) is 35.5 Å². The van der Waals surface area contributed by atoms with Gasteiger partial charge < -0.3 is 10.4 Å². The number of benzene rings is 1. The van der Waals surface area contributed by atoms with E-state index >= 15 is 0 Å². The number of rotatable bonds is 1. The fraction of sp³-hybridized carbons (Fsp3) is 0.125. The molecule has 0 heterocycles. The summed E-state index contributed by atoms with van der Waals surface area (Å²) in [6.07, 6.45) is 0. The monoisotopic (exact) mass is 157 g/mol. The Bertz CT molecular complexity index is 233. The maximum Gasteiger partial charge on any atom is 1.00 e. The molecule has 0 aliphatic rings. The molecule has 0 spiro atoms. The van der Waals surface area contributed by atoms with Gasteiger partial charge in [0.2, 0.25) is 0 Å². The van der Waals surface area contributed by atoms with Crippen LogP contribution in [0.4, 0.5) is 0 Å². The first-order valence-electron chi connectivity index (χ1n) is 3.07. The summed E-state index contributed by atoms with van der Waals surface area (Å²) < 4.78 is 0. The first-order valence-corrected chi connectivity index (χ1v) is 3.07. The molecule has 0 N–H and O–H groups in total. The minimum Gasteiger partial charge on any atom is -0.792 e. The zero-order chi connectivity index (χ0) is 7.40. The molecule has 0 radical (unpaired) electrons. The van der Waals surface area contributed by atoms with E-state index in [1.807, 2.05) is 30.3 Å². The van der Waals surface area contributed by atoms with Crippen molar-refractivity contribution in [1.82, 2.24) is 0 Å². The van der Waals surface area contributed by atoms with Gasteiger partial charge in [-0.2, -0.15) is 0 Å². The first kappa shape index (κ1) is 10.7. The fourth-order valence-electron chi connectivity index (χ4n) is 0.732. The molecule has 0 aromatic heterocycles. The van der Waals surface area contributed by atoms with Crippen LogP contribution in [0.2, 0.25) is 0 Å². The minimum absolute atomic E-state index is 0. The largest absolute Gasteiger partial charge is 1.00 e. The molecule has 0 saturated carbocycles. The van der Waals surface area contributed by atoms with E-state index in [9.17, 15) is 5.21 Å². The zero-order valence-corrected chi connectivity index (χ0v) is 8.74. The molecule has 0 unspecified atom stereocenters. The van der Waals surface area contributed by atoms with Crippen molar-refractivity contribution in [2.24, 2.45) is 5.16 Å². The second-order valence-electron chi connectivity index (χ2n) is 2.04. The van der Waals surface area contributed by atoms with Crippen LogP contribution in [0.5, 0.6) is 0 Å². The molecule has 3 heteroatoms. The van der Waals surface area contributed by atoms with Crippen LogP contribution in [-0.4, -0.2) is 5.71 Å². The SMILES string of the molecule is C/C(=N\[O-])c1ccccc1.[Na+]. The Hall–Kier alpha value is -0.310. The van der Waals surface area contributed by atoms with Crippen LogP contribution in [-0.2, 0) is 0 Å². The Morgan fingerprint density at radius 2 is 1.82 bits per heavy atom. The summed E-state index contributed by atoms with van der Waals surface area (Å²) in [5, 5.41) is 12.8. The minimum atomic E-state index is 0. The quantitative estimate of drug-likeness (QED) is 0.292. The number of hydrogen-bond donors (Lipinski definition) is 0. The van der Waals surface area contributed by atoms with E-state index in [0.29, 0.717) is 5.71 Å². The summed E-state index contributed by atoms with van der Waals surface area (Å²) in [5.74, 6) is 0. The average molecular weight is 157 g/mol. The molecule has 2 nitrogen and oxygen atoms in total. The smallest absolute Gasteiger partial charge is 0.792 e. The average Bonchev–Trinajstić information content (AvgIpc) is 2.05. The van der Waals surface area contributed by atoms with Crippen molar-refractivity contribution < 1.29 is 29.6 Å². The van der Waals surface area contributed by atoms with E-state index < -0.39 is 0 Å². The van der Waals surface area contributed by atoms with Crippen molar-refractivity contribution in [3.05, 3.63) is 41.1 Å². The maximum absolute atomic E-state index is 10.0. The summed E-state index contributed by atoms with van der Waals surface area (Å²) in [4.78, 5) is 0. The number of nitrogens with zero attached hydrogens (tertiary/aromatic N) is 1. The Labute approximate surface area is 88.2 Å². The molecule has 1 aromatic rings. The maximum atomic E-state index is 10.0. The van der Waals surface area contributed by atoms with Crippen molar-refractivity contribution in [3.8, 4) is 0 Å². The Balaban J connectivity index is 0.000001000. The molecular weight excluding hydrogens is 149 g/mol. The van der Waals surface area contributed by atoms with Gasteiger partial charge in [0, 0.05) is 5.71 Å². The van der Waals surface area contributed by atoms with Gasteiger partial charge in [-0.05, 0) is 12.5 Å². The summed E-state index contributed by atoms with van der Waals surface area (Å²) in [5.41, 5.74) is 1.41. The summed E-state index contributed by atoms with van der Waals surface area (Å²) >= 11 is 0. The van der Waals surface area contributed by atoms with Crippen LogP contribution < -0.4 is 29.6 Å². The topological polar surface area (TPSA) is 35.4 Å². The van der Waals surface area contributed by atoms with E-state index in [2.05, 4.69) is 5.16 Å². The molecule has 0 bridgehead atoms. The van der Waals surface area contributed by atoms with Crippen LogP contribution >= 0.6 is 0 Å². The third-order valence-corrected chi connectivity index (χ3v) is 1.33. The Morgan fingerprint density at radius 1 is 1.27 bits per heavy atom. The van der Waals surface area contributed by atoms with Crippen molar-refractivity contribution in [2.75, 3.05) is 0 Å². The van der Waals surface area contributed by atoms with Gasteiger partial charge in [-0.25, -0.2) is 0 Å². The third-order valence-electron chi connectivity index (χ3n) is 1.33. The molecule has 1 aromatic carbocycles. The van der Waals surface area contributed by atoms with E-state index in [1.54, 1.807) is 6.92 Å². The predicted molar refractivity (Wildman–Crippen MR) is 42.0 cm³/mol. The fourth-order valence-corrected chi connectivity index (χ4v) is 0.732. The van der Waals surface area contributed by atoms with Gasteiger partial charge in [-0.3, -0.25) is 0 Å². The Kier molecular flexibility index (Phi) is 5.20. The van der Waals surface area contributed by atoms with Gasteiger partial charge in [0.25, 0.3) is 0 Å². The van der Waals surface area contributed by atoms with Crippen LogP contribution in [0.25, 0.3) is 0 Å². The van der Waals surface area contributed by atoms with E-state index in [4.69, 9.17) is 0 Å². The Morgan fingerprint density at radius 3 is 2.27 bits per heavy atom. The molecule has 0 atom stereocenters. The van der Waals surface area contributed by atoms with Crippen molar-refractivity contribution in [1.29, 1.82) is 0 Å². The van der Waals surface area contributed by atoms with Crippen molar-refractivity contribution in [3.63, 3.8) is 0 Å². The van der Waals surface area contributed by atoms with Crippen molar-refractivity contribution in [2.45, 2.75) is 6.92 Å². The van der Waals surface area contributed by atoms with Crippen molar-refractivity contribution >= 4 is 5.71 Å². The summed E-state index contributed by atoms with van der Waals surface area (Å²) in [6, 6.07) is 9.38. The van der Waals surface area contributed by atoms with Gasteiger partial charge in [-0.1, -0.05) is 30.3 Å². The molecule has 0 aliphatic heterocycles. The zero-order valence-electron chi connectivity index (χ0n) is 6.74. The second-order valence-corrected chi connectivity index (χ2v) is 2.04. The molecule has 1 rings (SSSR count). The molecule has 52 valence electrons. The second kappa shape index (κ2) is 5.35. The van der Waals surface area contributed by atoms with Gasteiger partial charge >= 0.3 is 29.6 Å². The third kappa shape index (κ3) is 3.06. The summed E-state index contributed by atoms with van der Waals surface area (Å²) in [7, 11) is 0. The van der Waals surface area contributed by atoms with Gasteiger partial charge in [-0.15, -0.1) is 0 Å². The number of hydrogen-bond acceptors (Lipinski definition) is 2. The summed E-state index contributed by atoms with van der Waals surface area (Å²) in [6.45, 7) is 1.70. The van der Waals surface area contributed by atoms with Gasteiger partial charge in [0.05, 0.1) is 0 Å². The van der Waals surface area contributed by atoms with Gasteiger partial charge in [0.1, 0.15) is 0 Å². The van der Waals surface area contributed by atoms with Gasteiger partial charge in [0.15, 0.2) is 0 Å². The molecule has 0 fully saturated rings. The first-order chi connectivity index (χ1) is 4.84. The molecule has 0 saturated heterocycles. The van der Waals surface area contributed by atoms with E-state index in [-0.39, 0.29) is 29.6 Å². The van der Waals surface area contributed by atoms with E-state index in [1.165, 1.54) is 0 Å². The predicted octanol–water partition coefficient (Wildman–Crippen LogP) is -1.00. The normalized spacial score (nSPS) is 10.5. The molecule has 0 aliphatic carbocycles. The van der Waals surface area contributed by atoms with Crippen LogP contribution in [0.1, 0.15) is 12.5 Å². The van der Waals surface area contributed by atoms with E-state index in [0.717, 1.165) is 5.56 Å². The van der Waals surface area contributed by atoms with Crippen LogP contribution in [0.3, 0.4) is 0 Å².